The highest BCUT2D eigenvalue weighted by molar-refractivity contribution is 6.06. The van der Waals surface area contributed by atoms with Crippen molar-refractivity contribution < 1.29 is 33.8 Å². The molecule has 4 aliphatic rings. The summed E-state index contributed by atoms with van der Waals surface area (Å²) < 4.78 is 11.1. The number of Topliss-reactive ketones (excluding diaryl/α,β-unsaturated/α-hetero) is 1. The van der Waals surface area contributed by atoms with Gasteiger partial charge in [-0.2, -0.15) is 5.10 Å². The lowest BCUT2D eigenvalue weighted by Crippen LogP contribution is -2.63. The first kappa shape index (κ1) is 28.3. The number of imide groups is 1. The number of nitrogens with zero attached hydrogens (tertiary/aromatic N) is 1. The summed E-state index contributed by atoms with van der Waals surface area (Å²) in [6.07, 6.45) is 1.59. The van der Waals surface area contributed by atoms with Crippen LogP contribution in [0, 0.1) is 39.9 Å². The molecule has 2 bridgehead atoms. The van der Waals surface area contributed by atoms with Crippen molar-refractivity contribution >= 4 is 29.6 Å². The standard InChI is InChI=1S/C28H41N3O7/c1-7-26(5)14-20(38-25(36)29-24(35)37-13-10-18-17(4)30-31-23(18)34)27(6)15(2)8-11-28(16(3)22(26)33)12-9-19(32)21(27)28/h7,15-16,18,20-22,33H,1,8-14H2,2-6H3,(H,31,34)(H,29,35,36)/t15?,16-,18?,20+,21-,22-,26+,27+,28-/m0/s1. The molecule has 4 rings (SSSR count). The van der Waals surface area contributed by atoms with Gasteiger partial charge in [-0.25, -0.2) is 20.3 Å². The Bertz CT molecular complexity index is 1060. The Morgan fingerprint density at radius 2 is 1.95 bits per heavy atom. The number of aliphatic hydroxyl groups excluding tert-OH is 1. The first-order valence-corrected chi connectivity index (χ1v) is 13.6. The molecule has 0 aromatic heterocycles. The molecule has 2 unspecified atom stereocenters. The molecule has 38 heavy (non-hydrogen) atoms. The molecule has 3 amide bonds. The SMILES string of the molecule is C=C[C@]1(C)C[C@@H](OC(=O)NC(=O)OCCC2C(=O)NN=C2C)[C@@]2(C)C(C)CC[C@]3(CCC(=O)[C@H]32)[C@@H](C)[C@@H]1O. The molecule has 9 atom stereocenters. The van der Waals surface area contributed by atoms with Crippen molar-refractivity contribution in [3.8, 4) is 0 Å². The maximum atomic E-state index is 13.4. The van der Waals surface area contributed by atoms with Crippen molar-refractivity contribution in [3.63, 3.8) is 0 Å². The summed E-state index contributed by atoms with van der Waals surface area (Å²) in [6.45, 7) is 13.7. The van der Waals surface area contributed by atoms with Crippen LogP contribution in [0.3, 0.4) is 0 Å². The first-order chi connectivity index (χ1) is 17.8. The number of ether oxygens (including phenoxy) is 2. The number of alkyl carbamates (subject to hydrolysis) is 2. The van der Waals surface area contributed by atoms with Crippen LogP contribution in [0.1, 0.15) is 73.1 Å². The maximum Gasteiger partial charge on any atom is 0.416 e. The zero-order valence-corrected chi connectivity index (χ0v) is 23.0. The van der Waals surface area contributed by atoms with E-state index in [0.29, 0.717) is 18.6 Å². The Hall–Kier alpha value is -2.75. The third kappa shape index (κ3) is 4.44. The number of hydrazone groups is 1. The van der Waals surface area contributed by atoms with Gasteiger partial charge in [0.2, 0.25) is 5.91 Å². The van der Waals surface area contributed by atoms with Gasteiger partial charge >= 0.3 is 12.2 Å². The maximum absolute atomic E-state index is 13.4. The molecule has 3 fully saturated rings. The van der Waals surface area contributed by atoms with Crippen LogP contribution in [0.5, 0.6) is 0 Å². The average molecular weight is 532 g/mol. The van der Waals surface area contributed by atoms with E-state index in [1.165, 1.54) is 0 Å². The predicted molar refractivity (Wildman–Crippen MR) is 139 cm³/mol. The van der Waals surface area contributed by atoms with E-state index in [1.54, 1.807) is 13.0 Å². The Labute approximate surface area is 224 Å². The lowest BCUT2D eigenvalue weighted by Gasteiger charge is -2.61. The fourth-order valence-electron chi connectivity index (χ4n) is 7.88. The second-order valence-corrected chi connectivity index (χ2v) is 12.3. The minimum Gasteiger partial charge on any atom is -0.449 e. The fourth-order valence-corrected chi connectivity index (χ4v) is 7.88. The molecule has 3 aliphatic carbocycles. The molecule has 10 heteroatoms. The van der Waals surface area contributed by atoms with E-state index in [2.05, 4.69) is 29.3 Å². The van der Waals surface area contributed by atoms with Crippen LogP contribution in [-0.2, 0) is 19.1 Å². The average Bonchev–Trinajstić information content (AvgIpc) is 3.39. The summed E-state index contributed by atoms with van der Waals surface area (Å²) in [7, 11) is 0. The molecule has 0 aromatic carbocycles. The minimum absolute atomic E-state index is 0.0754. The van der Waals surface area contributed by atoms with Crippen LogP contribution in [0.15, 0.2) is 17.8 Å². The number of hydrogen-bond acceptors (Lipinski definition) is 8. The quantitative estimate of drug-likeness (QED) is 0.459. The van der Waals surface area contributed by atoms with E-state index in [9.17, 15) is 24.3 Å². The molecular formula is C28H41N3O7. The lowest BCUT2D eigenvalue weighted by atomic mass is 9.44. The summed E-state index contributed by atoms with van der Waals surface area (Å²) in [5, 5.41) is 17.5. The lowest BCUT2D eigenvalue weighted by molar-refractivity contribution is -0.191. The van der Waals surface area contributed by atoms with Crippen molar-refractivity contribution in [3.05, 3.63) is 12.7 Å². The Morgan fingerprint density at radius 3 is 2.58 bits per heavy atom. The van der Waals surface area contributed by atoms with Crippen molar-refractivity contribution in [1.82, 2.24) is 10.7 Å². The van der Waals surface area contributed by atoms with E-state index < -0.39 is 41.1 Å². The van der Waals surface area contributed by atoms with E-state index in [-0.39, 0.29) is 54.3 Å². The van der Waals surface area contributed by atoms with Gasteiger partial charge in [0.05, 0.1) is 18.6 Å². The molecule has 1 heterocycles. The monoisotopic (exact) mass is 531 g/mol. The zero-order chi connectivity index (χ0) is 28.0. The molecule has 0 aromatic rings. The van der Waals surface area contributed by atoms with Crippen molar-refractivity contribution in [2.45, 2.75) is 85.4 Å². The second-order valence-electron chi connectivity index (χ2n) is 12.3. The number of amides is 3. The normalized spacial score (nSPS) is 42.2. The molecule has 0 spiro atoms. The van der Waals surface area contributed by atoms with Crippen molar-refractivity contribution in [2.24, 2.45) is 45.0 Å². The largest absolute Gasteiger partial charge is 0.449 e. The number of carbonyl (C=O) groups excluding carboxylic acids is 4. The van der Waals surface area contributed by atoms with Crippen LogP contribution in [0.2, 0.25) is 0 Å². The highest BCUT2D eigenvalue weighted by Crippen LogP contribution is 2.67. The Balaban J connectivity index is 1.52. The predicted octanol–water partition coefficient (Wildman–Crippen LogP) is 3.72. The van der Waals surface area contributed by atoms with Crippen LogP contribution >= 0.6 is 0 Å². The smallest absolute Gasteiger partial charge is 0.416 e. The number of rotatable bonds is 5. The topological polar surface area (TPSA) is 143 Å². The molecule has 3 saturated carbocycles. The number of nitrogens with one attached hydrogen (secondary N) is 2. The van der Waals surface area contributed by atoms with Gasteiger partial charge in [-0.3, -0.25) is 9.59 Å². The zero-order valence-electron chi connectivity index (χ0n) is 23.0. The molecule has 3 N–H and O–H groups in total. The molecule has 0 saturated heterocycles. The molecule has 1 aliphatic heterocycles. The van der Waals surface area contributed by atoms with Gasteiger partial charge in [0.15, 0.2) is 0 Å². The minimum atomic E-state index is -0.984. The molecule has 210 valence electrons. The number of aliphatic hydroxyl groups is 1. The van der Waals surface area contributed by atoms with Gasteiger partial charge in [-0.1, -0.05) is 33.8 Å². The van der Waals surface area contributed by atoms with E-state index in [1.807, 2.05) is 20.8 Å². The van der Waals surface area contributed by atoms with Crippen LogP contribution in [0.4, 0.5) is 9.59 Å². The number of ketones is 1. The fraction of sp³-hybridized carbons (Fsp3) is 0.750. The van der Waals surface area contributed by atoms with Crippen LogP contribution in [-0.4, -0.2) is 53.5 Å². The van der Waals surface area contributed by atoms with Crippen molar-refractivity contribution in [2.75, 3.05) is 6.61 Å². The van der Waals surface area contributed by atoms with Gasteiger partial charge in [0.1, 0.15) is 11.9 Å². The molecule has 10 nitrogen and oxygen atoms in total. The molecular weight excluding hydrogens is 490 g/mol. The molecule has 0 radical (unpaired) electrons. The third-order valence-electron chi connectivity index (χ3n) is 10.6. The van der Waals surface area contributed by atoms with E-state index in [4.69, 9.17) is 9.47 Å². The highest BCUT2D eigenvalue weighted by atomic mass is 16.6. The van der Waals surface area contributed by atoms with E-state index in [0.717, 1.165) is 12.8 Å². The van der Waals surface area contributed by atoms with E-state index >= 15 is 0 Å². The van der Waals surface area contributed by atoms with Gasteiger partial charge in [0.25, 0.3) is 0 Å². The summed E-state index contributed by atoms with van der Waals surface area (Å²) in [4.78, 5) is 50.5. The van der Waals surface area contributed by atoms with Crippen LogP contribution in [0.25, 0.3) is 0 Å². The van der Waals surface area contributed by atoms with Crippen molar-refractivity contribution in [1.29, 1.82) is 0 Å². The highest BCUT2D eigenvalue weighted by Gasteiger charge is 2.68. The summed E-state index contributed by atoms with van der Waals surface area (Å²) >= 11 is 0. The Kier molecular flexibility index (Phi) is 7.51. The summed E-state index contributed by atoms with van der Waals surface area (Å²) in [6, 6.07) is 0. The number of hydrogen-bond donors (Lipinski definition) is 3. The third-order valence-corrected chi connectivity index (χ3v) is 10.6. The summed E-state index contributed by atoms with van der Waals surface area (Å²) in [5.41, 5.74) is 1.15. The van der Waals surface area contributed by atoms with Gasteiger partial charge in [0, 0.05) is 28.9 Å². The van der Waals surface area contributed by atoms with Gasteiger partial charge < -0.3 is 14.6 Å². The second kappa shape index (κ2) is 10.1. The van der Waals surface area contributed by atoms with Gasteiger partial charge in [-0.05, 0) is 56.3 Å². The summed E-state index contributed by atoms with van der Waals surface area (Å²) in [5.74, 6) is -0.995. The Morgan fingerprint density at radius 1 is 1.24 bits per heavy atom. The first-order valence-electron chi connectivity index (χ1n) is 13.6. The van der Waals surface area contributed by atoms with Gasteiger partial charge in [-0.15, -0.1) is 6.58 Å². The number of carbonyl (C=O) groups is 4. The van der Waals surface area contributed by atoms with Crippen LogP contribution < -0.4 is 10.7 Å².